The van der Waals surface area contributed by atoms with Crippen molar-refractivity contribution in [2.45, 2.75) is 62.4 Å². The lowest BCUT2D eigenvalue weighted by Crippen LogP contribution is -2.42. The van der Waals surface area contributed by atoms with Crippen LogP contribution in [0.25, 0.3) is 11.1 Å². The highest BCUT2D eigenvalue weighted by molar-refractivity contribution is 5.85. The molecule has 4 aliphatic rings. The zero-order valence-corrected chi connectivity index (χ0v) is 21.5. The minimum absolute atomic E-state index is 0.0729. The van der Waals surface area contributed by atoms with E-state index in [1.165, 1.54) is 5.56 Å². The first-order chi connectivity index (χ1) is 17.9. The Labute approximate surface area is 218 Å². The molecule has 6 heteroatoms. The van der Waals surface area contributed by atoms with Gasteiger partial charge in [0, 0.05) is 29.3 Å². The van der Waals surface area contributed by atoms with Gasteiger partial charge in [-0.05, 0) is 105 Å². The average Bonchev–Trinajstić information content (AvgIpc) is 3.60. The monoisotopic (exact) mass is 498 g/mol. The second kappa shape index (κ2) is 9.38. The molecule has 4 atom stereocenters. The van der Waals surface area contributed by atoms with E-state index in [0.29, 0.717) is 17.5 Å². The normalized spacial score (nSPS) is 26.6. The second-order valence-electron chi connectivity index (χ2n) is 11.7. The van der Waals surface area contributed by atoms with Gasteiger partial charge in [-0.1, -0.05) is 24.8 Å². The molecule has 3 aliphatic heterocycles. The van der Waals surface area contributed by atoms with Crippen molar-refractivity contribution in [1.29, 1.82) is 5.26 Å². The Morgan fingerprint density at radius 3 is 2.65 bits per heavy atom. The van der Waals surface area contributed by atoms with Crippen LogP contribution in [0.3, 0.4) is 0 Å². The highest BCUT2D eigenvalue weighted by atomic mass is 19.1. The molecule has 1 saturated carbocycles. The number of nitrogens with one attached hydrogen (secondary N) is 2. The van der Waals surface area contributed by atoms with Gasteiger partial charge in [0.15, 0.2) is 5.78 Å². The number of carbonyl (C=O) groups is 1. The van der Waals surface area contributed by atoms with Crippen molar-refractivity contribution in [3.63, 3.8) is 0 Å². The summed E-state index contributed by atoms with van der Waals surface area (Å²) >= 11 is 0. The van der Waals surface area contributed by atoms with Gasteiger partial charge in [-0.3, -0.25) is 4.79 Å². The maximum Gasteiger partial charge on any atom is 0.151 e. The number of rotatable bonds is 6. The molecule has 6 rings (SSSR count). The molecule has 2 N–H and O–H groups in total. The number of fused-ring (bicyclic) bond motifs is 4. The first-order valence-electron chi connectivity index (χ1n) is 13.6. The van der Waals surface area contributed by atoms with Crippen LogP contribution in [0.15, 0.2) is 48.7 Å². The number of nitriles is 1. The number of Topliss-reactive ketones (excluding diaryl/α,β-unsaturated/α-hetero) is 1. The zero-order valence-electron chi connectivity index (χ0n) is 21.5. The van der Waals surface area contributed by atoms with Gasteiger partial charge >= 0.3 is 0 Å². The minimum Gasteiger partial charge on any atom is -0.358 e. The molecular weight excluding hydrogens is 463 g/mol. The lowest BCUT2D eigenvalue weighted by molar-refractivity contribution is -0.122. The fourth-order valence-corrected chi connectivity index (χ4v) is 7.15. The van der Waals surface area contributed by atoms with E-state index in [1.807, 2.05) is 12.1 Å². The van der Waals surface area contributed by atoms with E-state index in [2.05, 4.69) is 47.4 Å². The summed E-state index contributed by atoms with van der Waals surface area (Å²) in [5.74, 6) is -0.330. The molecule has 0 aromatic heterocycles. The predicted molar refractivity (Wildman–Crippen MR) is 143 cm³/mol. The van der Waals surface area contributed by atoms with Gasteiger partial charge in [0.2, 0.25) is 0 Å². The lowest BCUT2D eigenvalue weighted by atomic mass is 9.72. The fraction of sp³-hybridized carbons (Fsp3) is 0.484. The van der Waals surface area contributed by atoms with Crippen LogP contribution in [0.2, 0.25) is 0 Å². The second-order valence-corrected chi connectivity index (χ2v) is 11.7. The van der Waals surface area contributed by atoms with Gasteiger partial charge in [-0.25, -0.2) is 4.39 Å². The summed E-state index contributed by atoms with van der Waals surface area (Å²) in [6, 6.07) is 14.2. The van der Waals surface area contributed by atoms with Crippen molar-refractivity contribution in [1.82, 2.24) is 10.2 Å². The maximum absolute atomic E-state index is 15.3. The van der Waals surface area contributed by atoms with Crippen LogP contribution in [-0.4, -0.2) is 42.9 Å². The highest BCUT2D eigenvalue weighted by Crippen LogP contribution is 2.50. The number of hydrogen-bond acceptors (Lipinski definition) is 5. The molecule has 5 nitrogen and oxygen atoms in total. The van der Waals surface area contributed by atoms with Gasteiger partial charge in [0.05, 0.1) is 18.0 Å². The molecule has 0 radical (unpaired) electrons. The van der Waals surface area contributed by atoms with Crippen molar-refractivity contribution < 1.29 is 9.18 Å². The predicted octanol–water partition coefficient (Wildman–Crippen LogP) is 5.18. The van der Waals surface area contributed by atoms with Crippen LogP contribution in [0.1, 0.15) is 49.7 Å². The van der Waals surface area contributed by atoms with Gasteiger partial charge in [-0.2, -0.15) is 5.26 Å². The molecule has 2 aromatic carbocycles. The summed E-state index contributed by atoms with van der Waals surface area (Å²) in [6.45, 7) is 6.39. The lowest BCUT2D eigenvalue weighted by Gasteiger charge is -2.38. The summed E-state index contributed by atoms with van der Waals surface area (Å²) < 4.78 is 15.3. The number of nitrogens with zero attached hydrogens (tertiary/aromatic N) is 2. The Morgan fingerprint density at radius 2 is 1.97 bits per heavy atom. The number of anilines is 1. The molecular formula is C31H35FN4O. The molecule has 2 aromatic rings. The van der Waals surface area contributed by atoms with Gasteiger partial charge in [-0.15, -0.1) is 0 Å². The first-order valence-corrected chi connectivity index (χ1v) is 13.6. The van der Waals surface area contributed by atoms with Crippen molar-refractivity contribution in [2.24, 2.45) is 11.8 Å². The Bertz CT molecular complexity index is 1290. The molecule has 3 heterocycles. The standard InChI is InChI=1S/C31H35FN4O/c1-19-31(9-11-36(2)12-10-31)26-16-21(6-8-28(26)34-19)22-3-4-23(27(32)17-22)13-20(18-33)14-29(37)30-24-5-7-25(15-24)35-30/h3-4,6,8,16-17,20,24-25,30,34-35H,1,5,7,9-15H2,2H3/t20-,24+,25-,30+/m1/s1. The number of carbonyl (C=O) groups excluding carboxylic acids is 1. The van der Waals surface area contributed by atoms with Gasteiger partial charge in [0.25, 0.3) is 0 Å². The molecule has 192 valence electrons. The number of piperidine rings is 2. The number of allylic oxidation sites excluding steroid dienone is 1. The third-order valence-electron chi connectivity index (χ3n) is 9.43. The smallest absolute Gasteiger partial charge is 0.151 e. The molecule has 0 amide bonds. The summed E-state index contributed by atoms with van der Waals surface area (Å²) in [5.41, 5.74) is 5.64. The zero-order chi connectivity index (χ0) is 25.7. The van der Waals surface area contributed by atoms with E-state index in [1.54, 1.807) is 12.1 Å². The Morgan fingerprint density at radius 1 is 1.22 bits per heavy atom. The van der Waals surface area contributed by atoms with Gasteiger partial charge in [0.1, 0.15) is 5.82 Å². The third-order valence-corrected chi connectivity index (χ3v) is 9.43. The van der Waals surface area contributed by atoms with Crippen LogP contribution in [0, 0.1) is 29.0 Å². The van der Waals surface area contributed by atoms with Crippen LogP contribution in [-0.2, 0) is 16.6 Å². The Balaban J connectivity index is 1.18. The summed E-state index contributed by atoms with van der Waals surface area (Å²) in [5, 5.41) is 16.6. The van der Waals surface area contributed by atoms with Gasteiger partial charge < -0.3 is 15.5 Å². The minimum atomic E-state index is -0.518. The summed E-state index contributed by atoms with van der Waals surface area (Å²) in [7, 11) is 2.15. The average molecular weight is 499 g/mol. The fourth-order valence-electron chi connectivity index (χ4n) is 7.15. The molecule has 1 spiro atoms. The van der Waals surface area contributed by atoms with Crippen LogP contribution < -0.4 is 10.6 Å². The molecule has 2 saturated heterocycles. The van der Waals surface area contributed by atoms with E-state index in [4.69, 9.17) is 0 Å². The molecule has 3 fully saturated rings. The number of ketones is 1. The molecule has 37 heavy (non-hydrogen) atoms. The van der Waals surface area contributed by atoms with E-state index < -0.39 is 5.92 Å². The van der Waals surface area contributed by atoms with Crippen molar-refractivity contribution in [3.8, 4) is 17.2 Å². The molecule has 2 bridgehead atoms. The van der Waals surface area contributed by atoms with E-state index in [-0.39, 0.29) is 35.9 Å². The third kappa shape index (κ3) is 4.28. The van der Waals surface area contributed by atoms with Crippen molar-refractivity contribution in [3.05, 3.63) is 65.6 Å². The summed E-state index contributed by atoms with van der Waals surface area (Å²) in [4.78, 5) is 15.2. The van der Waals surface area contributed by atoms with E-state index in [9.17, 15) is 10.1 Å². The Kier molecular flexibility index (Phi) is 6.17. The number of likely N-dealkylation sites (tertiary alicyclic amines) is 1. The molecule has 1 aliphatic carbocycles. The SMILES string of the molecule is C=C1Nc2ccc(-c3ccc(C[C@@H](C#N)CC(=O)[C@H]4N[C@@H]5CC[C@H]4C5)c(F)c3)cc2C12CCN(C)CC2. The summed E-state index contributed by atoms with van der Waals surface area (Å²) in [6.07, 6.45) is 5.76. The Hall–Kier alpha value is -3.01. The van der Waals surface area contributed by atoms with E-state index >= 15 is 4.39 Å². The van der Waals surface area contributed by atoms with Crippen LogP contribution in [0.5, 0.6) is 0 Å². The molecule has 0 unspecified atom stereocenters. The van der Waals surface area contributed by atoms with Crippen LogP contribution in [0.4, 0.5) is 10.1 Å². The van der Waals surface area contributed by atoms with Crippen molar-refractivity contribution in [2.75, 3.05) is 25.5 Å². The first kappa shape index (κ1) is 24.3. The maximum atomic E-state index is 15.3. The van der Waals surface area contributed by atoms with E-state index in [0.717, 1.165) is 67.7 Å². The largest absolute Gasteiger partial charge is 0.358 e. The topological polar surface area (TPSA) is 68.2 Å². The quantitative estimate of drug-likeness (QED) is 0.575. The number of hydrogen-bond donors (Lipinski definition) is 2. The number of halogens is 1. The number of benzene rings is 2. The van der Waals surface area contributed by atoms with Crippen LogP contribution >= 0.6 is 0 Å². The van der Waals surface area contributed by atoms with Crippen molar-refractivity contribution >= 4 is 11.5 Å². The highest BCUT2D eigenvalue weighted by Gasteiger charge is 2.44.